The van der Waals surface area contributed by atoms with Crippen LogP contribution in [0.4, 0.5) is 0 Å². The Labute approximate surface area is 172 Å². The minimum Gasteiger partial charge on any atom is -0.493 e. The molecule has 1 heterocycles. The van der Waals surface area contributed by atoms with E-state index in [0.717, 1.165) is 31.3 Å². The van der Waals surface area contributed by atoms with Gasteiger partial charge in [-0.15, -0.1) is 0 Å². The van der Waals surface area contributed by atoms with Crippen LogP contribution in [0.5, 0.6) is 5.75 Å². The lowest BCUT2D eigenvalue weighted by atomic mass is 9.97. The third-order valence-corrected chi connectivity index (χ3v) is 6.80. The van der Waals surface area contributed by atoms with E-state index in [1.807, 2.05) is 25.1 Å². The number of rotatable bonds is 9. The summed E-state index contributed by atoms with van der Waals surface area (Å²) in [7, 11) is -3.64. The van der Waals surface area contributed by atoms with Crippen LogP contribution in [0, 0.1) is 5.92 Å². The lowest BCUT2D eigenvalue weighted by Gasteiger charge is -2.31. The molecule has 1 aliphatic rings. The largest absolute Gasteiger partial charge is 0.493 e. The molecule has 0 bridgehead atoms. The van der Waals surface area contributed by atoms with Crippen molar-refractivity contribution in [2.24, 2.45) is 11.7 Å². The maximum absolute atomic E-state index is 12.9. The van der Waals surface area contributed by atoms with E-state index in [-0.39, 0.29) is 16.7 Å². The van der Waals surface area contributed by atoms with Crippen LogP contribution >= 0.6 is 0 Å². The van der Waals surface area contributed by atoms with Gasteiger partial charge in [0.15, 0.2) is 0 Å². The van der Waals surface area contributed by atoms with Gasteiger partial charge in [-0.1, -0.05) is 24.3 Å². The number of hydrogen-bond donors (Lipinski definition) is 2. The van der Waals surface area contributed by atoms with Gasteiger partial charge >= 0.3 is 0 Å². The molecule has 1 saturated heterocycles. The normalized spacial score (nSPS) is 18.0. The molecule has 0 radical (unpaired) electrons. The highest BCUT2D eigenvalue weighted by molar-refractivity contribution is 7.89. The number of benzene rings is 2. The second-order valence-electron chi connectivity index (χ2n) is 7.33. The SMILES string of the molecule is CCOc1ccc(S(=O)(=O)NCCCN2CCCC(C(N)=O)C2)c2ccccc12. The quantitative estimate of drug-likeness (QED) is 0.606. The third-order valence-electron chi connectivity index (χ3n) is 5.28. The molecule has 3 rings (SSSR count). The van der Waals surface area contributed by atoms with Crippen molar-refractivity contribution < 1.29 is 17.9 Å². The Morgan fingerprint density at radius 1 is 1.24 bits per heavy atom. The molecule has 1 unspecified atom stereocenters. The van der Waals surface area contributed by atoms with E-state index in [1.54, 1.807) is 18.2 Å². The van der Waals surface area contributed by atoms with Gasteiger partial charge in [-0.2, -0.15) is 0 Å². The first-order valence-corrected chi connectivity index (χ1v) is 11.6. The Kier molecular flexibility index (Phi) is 7.10. The predicted octanol–water partition coefficient (Wildman–Crippen LogP) is 2.10. The van der Waals surface area contributed by atoms with Crippen molar-refractivity contribution in [1.29, 1.82) is 0 Å². The van der Waals surface area contributed by atoms with Gasteiger partial charge in [0.2, 0.25) is 15.9 Å². The smallest absolute Gasteiger partial charge is 0.241 e. The summed E-state index contributed by atoms with van der Waals surface area (Å²) in [6.07, 6.45) is 2.44. The van der Waals surface area contributed by atoms with Crippen LogP contribution in [0.25, 0.3) is 10.8 Å². The van der Waals surface area contributed by atoms with Gasteiger partial charge in [0.1, 0.15) is 5.75 Å². The van der Waals surface area contributed by atoms with E-state index in [0.29, 0.717) is 37.3 Å². The fourth-order valence-electron chi connectivity index (χ4n) is 3.84. The van der Waals surface area contributed by atoms with E-state index < -0.39 is 10.0 Å². The lowest BCUT2D eigenvalue weighted by molar-refractivity contribution is -0.123. The van der Waals surface area contributed by atoms with Crippen molar-refractivity contribution >= 4 is 26.7 Å². The second-order valence-corrected chi connectivity index (χ2v) is 9.07. The summed E-state index contributed by atoms with van der Waals surface area (Å²) in [5.41, 5.74) is 5.41. The summed E-state index contributed by atoms with van der Waals surface area (Å²) in [5, 5.41) is 1.43. The minimum absolute atomic E-state index is 0.101. The molecule has 3 N–H and O–H groups in total. The van der Waals surface area contributed by atoms with Crippen LogP contribution in [0.2, 0.25) is 0 Å². The molecule has 1 atom stereocenters. The average Bonchev–Trinajstić information content (AvgIpc) is 2.72. The van der Waals surface area contributed by atoms with Crippen molar-refractivity contribution in [3.8, 4) is 5.75 Å². The molecule has 1 aliphatic heterocycles. The number of amides is 1. The first-order valence-electron chi connectivity index (χ1n) is 10.1. The zero-order valence-electron chi connectivity index (χ0n) is 16.8. The highest BCUT2D eigenvalue weighted by Gasteiger charge is 2.24. The number of ether oxygens (including phenoxy) is 1. The number of primary amides is 1. The number of carbonyl (C=O) groups is 1. The Hall–Kier alpha value is -2.16. The molecule has 0 saturated carbocycles. The zero-order valence-corrected chi connectivity index (χ0v) is 17.6. The van der Waals surface area contributed by atoms with Crippen molar-refractivity contribution in [3.05, 3.63) is 36.4 Å². The number of nitrogens with two attached hydrogens (primary N) is 1. The van der Waals surface area contributed by atoms with Crippen LogP contribution in [-0.4, -0.2) is 52.0 Å². The van der Waals surface area contributed by atoms with E-state index >= 15 is 0 Å². The summed E-state index contributed by atoms with van der Waals surface area (Å²) in [6.45, 7) is 5.06. The Balaban J connectivity index is 1.63. The molecule has 1 fully saturated rings. The molecule has 8 heteroatoms. The van der Waals surface area contributed by atoms with Crippen LogP contribution in [0.1, 0.15) is 26.2 Å². The summed E-state index contributed by atoms with van der Waals surface area (Å²) < 4.78 is 34.1. The fourth-order valence-corrected chi connectivity index (χ4v) is 5.12. The van der Waals surface area contributed by atoms with Crippen LogP contribution in [0.15, 0.2) is 41.3 Å². The van der Waals surface area contributed by atoms with Crippen LogP contribution < -0.4 is 15.2 Å². The Morgan fingerprint density at radius 3 is 2.72 bits per heavy atom. The highest BCUT2D eigenvalue weighted by Crippen LogP contribution is 2.31. The molecule has 7 nitrogen and oxygen atoms in total. The number of nitrogens with zero attached hydrogens (tertiary/aromatic N) is 1. The standard InChI is InChI=1S/C21H29N3O4S/c1-2-28-19-10-11-20(18-9-4-3-8-17(18)19)29(26,27)23-12-6-14-24-13-5-7-16(15-24)21(22)25/h3-4,8-11,16,23H,2,5-7,12-15H2,1H3,(H2,22,25). The molecule has 158 valence electrons. The molecule has 0 aromatic heterocycles. The molecule has 0 aliphatic carbocycles. The Bertz CT molecular complexity index is 962. The van der Waals surface area contributed by atoms with Crippen LogP contribution in [-0.2, 0) is 14.8 Å². The zero-order chi connectivity index (χ0) is 20.9. The van der Waals surface area contributed by atoms with E-state index in [2.05, 4.69) is 9.62 Å². The van der Waals surface area contributed by atoms with E-state index in [4.69, 9.17) is 10.5 Å². The summed E-state index contributed by atoms with van der Waals surface area (Å²) in [5.74, 6) is 0.324. The number of likely N-dealkylation sites (tertiary alicyclic amines) is 1. The number of fused-ring (bicyclic) bond motifs is 1. The molecule has 1 amide bonds. The number of hydrogen-bond acceptors (Lipinski definition) is 5. The molecule has 2 aromatic carbocycles. The van der Waals surface area contributed by atoms with Crippen LogP contribution in [0.3, 0.4) is 0 Å². The van der Waals surface area contributed by atoms with Gasteiger partial charge in [-0.25, -0.2) is 13.1 Å². The summed E-state index contributed by atoms with van der Waals surface area (Å²) in [6, 6.07) is 10.7. The second kappa shape index (κ2) is 9.56. The van der Waals surface area contributed by atoms with Crippen molar-refractivity contribution in [2.75, 3.05) is 32.8 Å². The van der Waals surface area contributed by atoms with Crippen molar-refractivity contribution in [1.82, 2.24) is 9.62 Å². The number of nitrogens with one attached hydrogen (secondary N) is 1. The van der Waals surface area contributed by atoms with Gasteiger partial charge in [-0.05, 0) is 51.4 Å². The minimum atomic E-state index is -3.64. The first-order chi connectivity index (χ1) is 13.9. The molecule has 2 aromatic rings. The predicted molar refractivity (Wildman–Crippen MR) is 113 cm³/mol. The number of sulfonamides is 1. The van der Waals surface area contributed by atoms with Gasteiger partial charge < -0.3 is 15.4 Å². The average molecular weight is 420 g/mol. The molecule has 29 heavy (non-hydrogen) atoms. The maximum Gasteiger partial charge on any atom is 0.241 e. The van der Waals surface area contributed by atoms with Crippen molar-refractivity contribution in [3.63, 3.8) is 0 Å². The number of carbonyl (C=O) groups excluding carboxylic acids is 1. The monoisotopic (exact) mass is 419 g/mol. The summed E-state index contributed by atoms with van der Waals surface area (Å²) in [4.78, 5) is 13.8. The van der Waals surface area contributed by atoms with Gasteiger partial charge in [0.25, 0.3) is 0 Å². The molecule has 0 spiro atoms. The topological polar surface area (TPSA) is 102 Å². The number of piperidine rings is 1. The highest BCUT2D eigenvalue weighted by atomic mass is 32.2. The van der Waals surface area contributed by atoms with Gasteiger partial charge in [-0.3, -0.25) is 4.79 Å². The lowest BCUT2D eigenvalue weighted by Crippen LogP contribution is -2.42. The first kappa shape index (κ1) is 21.5. The van der Waals surface area contributed by atoms with Gasteiger partial charge in [0, 0.05) is 23.9 Å². The Morgan fingerprint density at radius 2 is 2.00 bits per heavy atom. The third kappa shape index (κ3) is 5.26. The van der Waals surface area contributed by atoms with E-state index in [9.17, 15) is 13.2 Å². The summed E-state index contributed by atoms with van der Waals surface area (Å²) >= 11 is 0. The van der Waals surface area contributed by atoms with Crippen molar-refractivity contribution in [2.45, 2.75) is 31.1 Å². The molecular weight excluding hydrogens is 390 g/mol. The molecular formula is C21H29N3O4S. The fraction of sp³-hybridized carbons (Fsp3) is 0.476. The van der Waals surface area contributed by atoms with E-state index in [1.165, 1.54) is 0 Å². The maximum atomic E-state index is 12.9. The van der Waals surface area contributed by atoms with Gasteiger partial charge in [0.05, 0.1) is 17.4 Å².